The van der Waals surface area contributed by atoms with Gasteiger partial charge in [-0.05, 0) is 37.8 Å². The first-order chi connectivity index (χ1) is 9.08. The summed E-state index contributed by atoms with van der Waals surface area (Å²) in [6.07, 6.45) is 2.74. The van der Waals surface area contributed by atoms with Gasteiger partial charge in [-0.1, -0.05) is 0 Å². The molecule has 0 radical (unpaired) electrons. The van der Waals surface area contributed by atoms with Gasteiger partial charge in [0.2, 0.25) is 10.0 Å². The molecule has 1 fully saturated rings. The zero-order valence-electron chi connectivity index (χ0n) is 11.2. The molecular weight excluding hydrogens is 284 g/mol. The molecule has 1 aliphatic carbocycles. The number of hydrogen-bond acceptors (Lipinski definition) is 5. The van der Waals surface area contributed by atoms with Crippen LogP contribution in [0.25, 0.3) is 0 Å². The third-order valence-corrected chi connectivity index (χ3v) is 6.02. The molecule has 1 aliphatic rings. The summed E-state index contributed by atoms with van der Waals surface area (Å²) in [7, 11) is -0.0156. The predicted molar refractivity (Wildman–Crippen MR) is 75.8 cm³/mol. The van der Waals surface area contributed by atoms with Crippen LogP contribution >= 0.6 is 11.3 Å². The molecule has 1 heterocycles. The van der Waals surface area contributed by atoms with Gasteiger partial charge in [-0.2, -0.15) is 0 Å². The molecule has 19 heavy (non-hydrogen) atoms. The summed E-state index contributed by atoms with van der Waals surface area (Å²) >= 11 is 1.45. The van der Waals surface area contributed by atoms with Crippen molar-refractivity contribution in [3.8, 4) is 0 Å². The normalized spacial score (nSPS) is 23.9. The summed E-state index contributed by atoms with van der Waals surface area (Å²) in [5.74, 6) is 0. The molecule has 2 atom stereocenters. The summed E-state index contributed by atoms with van der Waals surface area (Å²) in [5, 5.41) is 4.80. The van der Waals surface area contributed by atoms with E-state index in [1.807, 2.05) is 12.4 Å². The molecule has 0 saturated heterocycles. The number of ether oxygens (including phenoxy) is 1. The van der Waals surface area contributed by atoms with Gasteiger partial charge in [-0.25, -0.2) is 13.1 Å². The minimum Gasteiger partial charge on any atom is -0.380 e. The van der Waals surface area contributed by atoms with Crippen LogP contribution in [0.1, 0.15) is 24.1 Å². The van der Waals surface area contributed by atoms with Crippen molar-refractivity contribution in [3.05, 3.63) is 16.3 Å². The van der Waals surface area contributed by atoms with E-state index in [0.717, 1.165) is 24.1 Å². The van der Waals surface area contributed by atoms with Gasteiger partial charge in [0.15, 0.2) is 0 Å². The molecule has 108 valence electrons. The lowest BCUT2D eigenvalue weighted by Gasteiger charge is -2.19. The number of methoxy groups -OCH3 is 1. The first kappa shape index (κ1) is 14.9. The lowest BCUT2D eigenvalue weighted by molar-refractivity contribution is 0.0916. The number of thiophene rings is 1. The van der Waals surface area contributed by atoms with Gasteiger partial charge in [0.25, 0.3) is 0 Å². The molecule has 0 aromatic carbocycles. The Kier molecular flexibility index (Phi) is 4.97. The Morgan fingerprint density at radius 2 is 2.26 bits per heavy atom. The van der Waals surface area contributed by atoms with E-state index < -0.39 is 10.0 Å². The first-order valence-electron chi connectivity index (χ1n) is 6.34. The van der Waals surface area contributed by atoms with E-state index in [0.29, 0.717) is 11.4 Å². The fourth-order valence-corrected chi connectivity index (χ4v) is 5.22. The number of hydrogen-bond donors (Lipinski definition) is 2. The van der Waals surface area contributed by atoms with Crippen LogP contribution in [0.15, 0.2) is 16.3 Å². The number of nitrogens with one attached hydrogen (secondary N) is 2. The molecule has 2 N–H and O–H groups in total. The minimum atomic E-state index is -3.46. The van der Waals surface area contributed by atoms with Crippen molar-refractivity contribution >= 4 is 21.4 Å². The van der Waals surface area contributed by atoms with Gasteiger partial charge in [0.1, 0.15) is 0 Å². The van der Waals surface area contributed by atoms with Crippen LogP contribution < -0.4 is 10.0 Å². The first-order valence-corrected chi connectivity index (χ1v) is 8.71. The number of sulfonamides is 1. The van der Waals surface area contributed by atoms with E-state index in [1.54, 1.807) is 13.2 Å². The van der Waals surface area contributed by atoms with E-state index in [-0.39, 0.29) is 12.1 Å². The quantitative estimate of drug-likeness (QED) is 0.831. The van der Waals surface area contributed by atoms with Gasteiger partial charge in [0, 0.05) is 24.6 Å². The fraction of sp³-hybridized carbons (Fsp3) is 0.667. The molecular formula is C12H20N2O3S2. The molecule has 7 heteroatoms. The zero-order valence-corrected chi connectivity index (χ0v) is 12.8. The van der Waals surface area contributed by atoms with Crippen molar-refractivity contribution in [3.63, 3.8) is 0 Å². The monoisotopic (exact) mass is 304 g/mol. The average Bonchev–Trinajstić information content (AvgIpc) is 2.98. The maximum absolute atomic E-state index is 12.4. The molecule has 1 aromatic heterocycles. The van der Waals surface area contributed by atoms with Gasteiger partial charge >= 0.3 is 0 Å². The molecule has 2 unspecified atom stereocenters. The molecule has 2 rings (SSSR count). The largest absolute Gasteiger partial charge is 0.380 e. The summed E-state index contributed by atoms with van der Waals surface area (Å²) in [6.45, 7) is 0.562. The molecule has 1 aromatic rings. The van der Waals surface area contributed by atoms with Gasteiger partial charge in [-0.15, -0.1) is 11.3 Å². The lowest BCUT2D eigenvalue weighted by atomic mass is 10.2. The van der Waals surface area contributed by atoms with Crippen LogP contribution in [0, 0.1) is 0 Å². The van der Waals surface area contributed by atoms with Crippen molar-refractivity contribution in [2.75, 3.05) is 14.2 Å². The highest BCUT2D eigenvalue weighted by molar-refractivity contribution is 7.89. The van der Waals surface area contributed by atoms with Crippen molar-refractivity contribution in [2.45, 2.75) is 42.8 Å². The Labute approximate surface area is 118 Å². The van der Waals surface area contributed by atoms with Crippen molar-refractivity contribution in [1.29, 1.82) is 0 Å². The molecule has 0 bridgehead atoms. The highest BCUT2D eigenvalue weighted by Crippen LogP contribution is 2.26. The standard InChI is InChI=1S/C12H20N2O3S2/c1-13-8-11-12(6-7-18-11)19(15,16)14-9-4-3-5-10(9)17-2/h6-7,9-10,13-14H,3-5,8H2,1-2H3. The lowest BCUT2D eigenvalue weighted by Crippen LogP contribution is -2.40. The molecule has 5 nitrogen and oxygen atoms in total. The van der Waals surface area contributed by atoms with Crippen molar-refractivity contribution in [1.82, 2.24) is 10.0 Å². The average molecular weight is 304 g/mol. The summed E-state index contributed by atoms with van der Waals surface area (Å²) < 4.78 is 32.9. The summed E-state index contributed by atoms with van der Waals surface area (Å²) in [6, 6.07) is 1.55. The van der Waals surface area contributed by atoms with E-state index in [1.165, 1.54) is 11.3 Å². The third-order valence-electron chi connectivity index (χ3n) is 3.39. The summed E-state index contributed by atoms with van der Waals surface area (Å²) in [4.78, 5) is 1.22. The van der Waals surface area contributed by atoms with E-state index >= 15 is 0 Å². The number of rotatable bonds is 6. The molecule has 0 amide bonds. The van der Waals surface area contributed by atoms with Gasteiger partial charge in [0.05, 0.1) is 11.0 Å². The third kappa shape index (κ3) is 3.35. The predicted octanol–water partition coefficient (Wildman–Crippen LogP) is 1.31. The maximum Gasteiger partial charge on any atom is 0.242 e. The van der Waals surface area contributed by atoms with Crippen LogP contribution in [-0.2, 0) is 21.3 Å². The fourth-order valence-electron chi connectivity index (χ4n) is 2.46. The van der Waals surface area contributed by atoms with Crippen LogP contribution in [0.5, 0.6) is 0 Å². The second kappa shape index (κ2) is 6.32. The van der Waals surface area contributed by atoms with Crippen LogP contribution in [-0.4, -0.2) is 34.7 Å². The Hall–Kier alpha value is -0.470. The highest BCUT2D eigenvalue weighted by Gasteiger charge is 2.32. The Morgan fingerprint density at radius 3 is 2.95 bits per heavy atom. The Bertz CT molecular complexity index is 513. The van der Waals surface area contributed by atoms with Gasteiger partial charge < -0.3 is 10.1 Å². The SMILES string of the molecule is CNCc1sccc1S(=O)(=O)NC1CCCC1OC. The molecule has 0 aliphatic heterocycles. The zero-order chi connectivity index (χ0) is 13.9. The minimum absolute atomic E-state index is 0.0128. The van der Waals surface area contributed by atoms with Crippen molar-refractivity contribution in [2.24, 2.45) is 0 Å². The Balaban J connectivity index is 2.15. The second-order valence-corrected chi connectivity index (χ2v) is 7.35. The smallest absolute Gasteiger partial charge is 0.242 e. The molecule has 1 saturated carbocycles. The summed E-state index contributed by atoms with van der Waals surface area (Å²) in [5.41, 5.74) is 0. The maximum atomic E-state index is 12.4. The Morgan fingerprint density at radius 1 is 1.47 bits per heavy atom. The van der Waals surface area contributed by atoms with E-state index in [9.17, 15) is 8.42 Å². The van der Waals surface area contributed by atoms with Crippen LogP contribution in [0.3, 0.4) is 0 Å². The molecule has 0 spiro atoms. The topological polar surface area (TPSA) is 67.4 Å². The van der Waals surface area contributed by atoms with E-state index in [2.05, 4.69) is 10.0 Å². The highest BCUT2D eigenvalue weighted by atomic mass is 32.2. The van der Waals surface area contributed by atoms with Crippen molar-refractivity contribution < 1.29 is 13.2 Å². The second-order valence-electron chi connectivity index (χ2n) is 4.67. The van der Waals surface area contributed by atoms with Crippen LogP contribution in [0.2, 0.25) is 0 Å². The van der Waals surface area contributed by atoms with E-state index in [4.69, 9.17) is 4.74 Å². The van der Waals surface area contributed by atoms with Gasteiger partial charge in [-0.3, -0.25) is 0 Å². The van der Waals surface area contributed by atoms with Crippen LogP contribution in [0.4, 0.5) is 0 Å².